The number of fused-ring (bicyclic) bond motifs is 5. The van der Waals surface area contributed by atoms with Crippen molar-refractivity contribution in [2.24, 2.45) is 0 Å². The first kappa shape index (κ1) is 113. The van der Waals surface area contributed by atoms with Gasteiger partial charge in [0.15, 0.2) is 69.8 Å². The summed E-state index contributed by atoms with van der Waals surface area (Å²) in [5.74, 6) is 6.60. The van der Waals surface area contributed by atoms with Crippen molar-refractivity contribution in [2.75, 3.05) is 139 Å². The number of likely N-dealkylation sites (tertiary alicyclic amines) is 2. The average molecular weight is 1930 g/mol. The van der Waals surface area contributed by atoms with E-state index in [1.807, 2.05) is 70.2 Å². The molecule has 756 valence electrons. The number of carbonyl (C=O) groups excluding carboxylic acids is 2. The largest absolute Gasteiger partial charge is 0.486 e. The third kappa shape index (κ3) is 36.2. The van der Waals surface area contributed by atoms with Crippen LogP contribution in [0.4, 0.5) is 0 Å². The molecule has 0 spiro atoms. The Morgan fingerprint density at radius 2 is 0.772 bits per heavy atom. The lowest BCUT2D eigenvalue weighted by molar-refractivity contribution is -0.167. The second-order valence-electron chi connectivity index (χ2n) is 36.4. The van der Waals surface area contributed by atoms with Crippen LogP contribution in [0.5, 0.6) is 57.5 Å². The van der Waals surface area contributed by atoms with Gasteiger partial charge in [-0.2, -0.15) is 0 Å². The number of hydrogen-bond acceptors (Lipinski definition) is 36. The van der Waals surface area contributed by atoms with Gasteiger partial charge in [-0.15, -0.1) is 4.33 Å². The fourth-order valence-corrected chi connectivity index (χ4v) is 18.2. The number of nitrogens with one attached hydrogen (secondary N) is 4. The summed E-state index contributed by atoms with van der Waals surface area (Å²) in [5, 5.41) is 122. The van der Waals surface area contributed by atoms with Crippen molar-refractivity contribution in [3.63, 3.8) is 0 Å². The number of aldehydes is 1. The lowest BCUT2D eigenvalue weighted by atomic mass is 9.79. The van der Waals surface area contributed by atoms with Crippen molar-refractivity contribution in [3.05, 3.63) is 119 Å². The van der Waals surface area contributed by atoms with Crippen LogP contribution in [0.3, 0.4) is 0 Å². The van der Waals surface area contributed by atoms with Gasteiger partial charge in [0.2, 0.25) is 5.91 Å². The number of hydrogen-bond donors (Lipinski definition) is 15. The van der Waals surface area contributed by atoms with E-state index in [1.54, 1.807) is 85.4 Å². The van der Waals surface area contributed by atoms with Gasteiger partial charge in [-0.05, 0) is 209 Å². The number of aliphatic hydroxyl groups is 6. The van der Waals surface area contributed by atoms with Gasteiger partial charge in [-0.3, -0.25) is 18.6 Å². The highest BCUT2D eigenvalue weighted by atomic mass is 32.2. The highest BCUT2D eigenvalue weighted by molar-refractivity contribution is 7.89. The van der Waals surface area contributed by atoms with E-state index in [9.17, 15) is 65.3 Å². The standard InChI is InChI=1S/C31H52N2O4.C16H25BN2O4.C15H22BNO5.C13H20BNO7S.C12H18BNO5.C7H14BNO3/c1-2-3-4-5-6-7-8-9-10-11-12-13-14-17-30(34)32-27(25-33-20-15-16-21-33)31(35)26-18-19-28-29(24-26)37-23-22-36-28;1-17(21)18-13(11-19-6-2-3-7-19)16(20)12-4-5-14-15(10-12)23-9-8-22-14;1-15(2)17(16(3)19)11(9-22-15)14(18)10-4-5-12-13(8-10)21-7-6-20-12;1-14(17)15-10(8-21-23-22-18-2)13(16)9-3-4-11-12(7-9)20-6-5-19-11;1-13(17)14-9(7-15)12(16)8-2-3-10-11(6-8)19-5-4-18-10;1-7(2)9(8(3)11)6(4-10)5-12-7/h18-19,24,27,31,35H,2-17,20-23,25H2,1H3,(H,32,34);4-5,10,13,16,18,20-21H,2-3,6-9,11H2,1H3;4-5,8,11,14,18-19H,6-7,9H2,1-3H3;3-4,7,10,13,15-17H,5-6,8H2,1-2H3;2-3,6,9,12,14-17H,4-5,7H2,1H3;4,6,11H,5H2,1-3H3/t27-,31-;13-,16-;11?,14-;10-,13-;9-,12-;/m11111./s1. The molecule has 136 heavy (non-hydrogen) atoms. The Bertz CT molecular complexity index is 4280. The average Bonchev–Trinajstić information content (AvgIpc) is 1.63. The van der Waals surface area contributed by atoms with E-state index in [-0.39, 0.29) is 43.3 Å². The van der Waals surface area contributed by atoms with E-state index >= 15 is 0 Å². The third-order valence-electron chi connectivity index (χ3n) is 24.7. The Balaban J connectivity index is 0.000000188. The monoisotopic (exact) mass is 1930 g/mol. The summed E-state index contributed by atoms with van der Waals surface area (Å²) in [6, 6.07) is 24.4. The zero-order valence-corrected chi connectivity index (χ0v) is 82.2. The van der Waals surface area contributed by atoms with E-state index in [2.05, 4.69) is 46.9 Å². The number of rotatable bonds is 44. The molecule has 4 fully saturated rings. The number of unbranched alkanes of at least 4 members (excludes halogenated alkanes) is 12. The minimum Gasteiger partial charge on any atom is -0.486 e. The number of carbonyl (C=O) groups is 2. The zero-order valence-electron chi connectivity index (χ0n) is 81.4. The van der Waals surface area contributed by atoms with E-state index in [4.69, 9.17) is 61.0 Å². The van der Waals surface area contributed by atoms with Crippen LogP contribution in [-0.4, -0.2) is 309 Å². The van der Waals surface area contributed by atoms with Gasteiger partial charge in [-0.25, -0.2) is 4.89 Å². The van der Waals surface area contributed by atoms with Gasteiger partial charge in [-0.1, -0.05) is 114 Å². The molecule has 9 aliphatic heterocycles. The molecule has 14 rings (SSSR count). The maximum absolute atomic E-state index is 12.8. The van der Waals surface area contributed by atoms with Gasteiger partial charge in [0, 0.05) is 25.6 Å². The molecular weight excluding hydrogens is 1780 g/mol. The maximum atomic E-state index is 12.8. The van der Waals surface area contributed by atoms with Crippen LogP contribution in [0.15, 0.2) is 91.0 Å². The molecule has 42 heteroatoms. The molecule has 36 nitrogen and oxygen atoms in total. The predicted octanol–water partition coefficient (Wildman–Crippen LogP) is 8.25. The number of aliphatic hydroxyl groups excluding tert-OH is 6. The Labute approximate surface area is 809 Å². The van der Waals surface area contributed by atoms with Gasteiger partial charge in [0.25, 0.3) is 0 Å². The van der Waals surface area contributed by atoms with Crippen LogP contribution in [-0.2, 0) is 32.5 Å². The minimum atomic E-state index is -0.949. The summed E-state index contributed by atoms with van der Waals surface area (Å²) < 4.78 is 76.1. The molecule has 0 aromatic heterocycles. The summed E-state index contributed by atoms with van der Waals surface area (Å²) in [7, 11) is -2.32. The molecule has 1 amide bonds. The molecule has 15 N–H and O–H groups in total. The van der Waals surface area contributed by atoms with Crippen molar-refractivity contribution in [2.45, 2.75) is 263 Å². The lowest BCUT2D eigenvalue weighted by Crippen LogP contribution is -2.53. The Hall–Kier alpha value is -7.01. The van der Waals surface area contributed by atoms with E-state index in [0.717, 1.165) is 62.0 Å². The third-order valence-corrected chi connectivity index (χ3v) is 25.1. The zero-order chi connectivity index (χ0) is 98.1. The molecule has 2 unspecified atom stereocenters. The van der Waals surface area contributed by atoms with Gasteiger partial charge in [0.05, 0.1) is 88.2 Å². The highest BCUT2D eigenvalue weighted by Gasteiger charge is 2.48. The van der Waals surface area contributed by atoms with E-state index < -0.39 is 89.3 Å². The topological polar surface area (TPSA) is 456 Å². The molecule has 5 aromatic carbocycles. The van der Waals surface area contributed by atoms with E-state index in [0.29, 0.717) is 180 Å². The van der Waals surface area contributed by atoms with Crippen LogP contribution < -0.4 is 68.4 Å². The van der Waals surface area contributed by atoms with Crippen molar-refractivity contribution in [3.8, 4) is 57.5 Å². The summed E-state index contributed by atoms with van der Waals surface area (Å²) in [5.41, 5.74) is 2.31. The number of nitrogens with zero attached hydrogens (tertiary/aromatic N) is 4. The second kappa shape index (κ2) is 59.0. The Morgan fingerprint density at radius 3 is 1.14 bits per heavy atom. The van der Waals surface area contributed by atoms with Crippen molar-refractivity contribution in [1.82, 2.24) is 40.4 Å². The second-order valence-corrected chi connectivity index (χ2v) is 36.9. The number of ether oxygens (including phenoxy) is 12. The van der Waals surface area contributed by atoms with Crippen LogP contribution in [0.2, 0.25) is 34.1 Å². The number of amides is 1. The fraction of sp³-hybridized carbons (Fsp3) is 0.660. The van der Waals surface area contributed by atoms with Crippen molar-refractivity contribution >= 4 is 59.8 Å². The fourth-order valence-electron chi connectivity index (χ4n) is 17.9. The van der Waals surface area contributed by atoms with Crippen LogP contribution in [0.25, 0.3) is 0 Å². The Kier molecular flexibility index (Phi) is 48.9. The predicted molar refractivity (Wildman–Crippen MR) is 522 cm³/mol. The van der Waals surface area contributed by atoms with Gasteiger partial charge in [0.1, 0.15) is 89.9 Å². The molecule has 0 aliphatic carbocycles. The first-order valence-electron chi connectivity index (χ1n) is 48.6. The normalized spacial score (nSPS) is 19.7. The smallest absolute Gasteiger partial charge is 0.379 e. The summed E-state index contributed by atoms with van der Waals surface area (Å²) in [4.78, 5) is 35.9. The van der Waals surface area contributed by atoms with E-state index in [1.165, 1.54) is 110 Å². The molecule has 0 saturated carbocycles. The van der Waals surface area contributed by atoms with Gasteiger partial charge >= 0.3 is 35.3 Å². The highest BCUT2D eigenvalue weighted by Crippen LogP contribution is 2.42. The van der Waals surface area contributed by atoms with Crippen molar-refractivity contribution < 1.29 is 136 Å². The van der Waals surface area contributed by atoms with Crippen molar-refractivity contribution in [1.29, 1.82) is 0 Å². The molecule has 11 atom stereocenters. The van der Waals surface area contributed by atoms with Crippen LogP contribution >= 0.6 is 12.3 Å². The number of benzene rings is 5. The summed E-state index contributed by atoms with van der Waals surface area (Å²) in [6.45, 7) is 28.9. The Morgan fingerprint density at radius 1 is 0.449 bits per heavy atom. The molecule has 0 radical (unpaired) electrons. The first-order valence-corrected chi connectivity index (χ1v) is 49.3. The van der Waals surface area contributed by atoms with Crippen LogP contribution in [0, 0.1) is 0 Å². The first-order chi connectivity index (χ1) is 65.4. The molecule has 9 heterocycles. The summed E-state index contributed by atoms with van der Waals surface area (Å²) in [6.07, 6.45) is 18.8. The molecular formula is C94H151B5N8O28S. The quantitative estimate of drug-likeness (QED) is 0.00435. The minimum absolute atomic E-state index is 0.0452. The molecule has 9 aliphatic rings. The van der Waals surface area contributed by atoms with Gasteiger partial charge < -0.3 is 148 Å². The molecule has 4 saturated heterocycles. The summed E-state index contributed by atoms with van der Waals surface area (Å²) >= 11 is 0.644. The molecule has 0 bridgehead atoms. The molecule has 5 aromatic rings. The SMILES string of the molecule is CB(O)N1C(C=O)COC1(C)C.CB(O)N1C([C@H](O)c2ccc3c(c2)OCCO3)COC1(C)C.CB(O)N[C@H](CN1CCCC1)[C@H](O)c1ccc2c(c1)OCCO2.CB(O)N[C@H](CO)[C@H](O)c1ccc2c(c1)OCCO2.CCCCCCCCCCCCCCCC(=O)N[C@H](CN1CCCC1)[C@H](O)c1ccc2c(c1)OCCO2.COOSOC[C@@H](NB(C)O)[C@H](O)c1ccc2c(c1)OCCO2. The maximum Gasteiger partial charge on any atom is 0.379 e. The lowest BCUT2D eigenvalue weighted by Gasteiger charge is -2.36. The van der Waals surface area contributed by atoms with Crippen LogP contribution in [0.1, 0.15) is 209 Å².